The molecule has 2 aromatic rings. The van der Waals surface area contributed by atoms with Gasteiger partial charge in [0.25, 0.3) is 0 Å². The molecule has 0 bridgehead atoms. The first-order chi connectivity index (χ1) is 8.99. The lowest BCUT2D eigenvalue weighted by Crippen LogP contribution is -2.12. The number of rotatable bonds is 4. The van der Waals surface area contributed by atoms with Crippen molar-refractivity contribution in [3.05, 3.63) is 39.6 Å². The molecule has 19 heavy (non-hydrogen) atoms. The molecule has 0 atom stereocenters. The molecule has 0 aliphatic heterocycles. The summed E-state index contributed by atoms with van der Waals surface area (Å²) in [6.07, 6.45) is 0. The smallest absolute Gasteiger partial charge is 0.0643 e. The minimum Gasteiger partial charge on any atom is -0.379 e. The molecule has 0 spiro atoms. The van der Waals surface area contributed by atoms with E-state index in [0.717, 1.165) is 28.1 Å². The lowest BCUT2D eigenvalue weighted by Gasteiger charge is -2.19. The van der Waals surface area contributed by atoms with Gasteiger partial charge in [-0.2, -0.15) is 5.10 Å². The summed E-state index contributed by atoms with van der Waals surface area (Å²) in [5.74, 6) is 0. The van der Waals surface area contributed by atoms with E-state index in [-0.39, 0.29) is 0 Å². The summed E-state index contributed by atoms with van der Waals surface area (Å²) in [5, 5.41) is 10.7. The Morgan fingerprint density at radius 3 is 2.63 bits per heavy atom. The van der Waals surface area contributed by atoms with E-state index in [2.05, 4.69) is 54.5 Å². The van der Waals surface area contributed by atoms with Crippen LogP contribution in [0.25, 0.3) is 0 Å². The van der Waals surface area contributed by atoms with Crippen LogP contribution in [0.2, 0.25) is 0 Å². The number of hydrogen-bond donors (Lipinski definition) is 2. The molecule has 0 fully saturated rings. The molecule has 0 radical (unpaired) electrons. The summed E-state index contributed by atoms with van der Waals surface area (Å²) < 4.78 is 1.07. The molecule has 2 N–H and O–H groups in total. The van der Waals surface area contributed by atoms with Gasteiger partial charge in [-0.15, -0.1) is 0 Å². The van der Waals surface area contributed by atoms with Gasteiger partial charge in [0.2, 0.25) is 0 Å². The Labute approximate surface area is 122 Å². The van der Waals surface area contributed by atoms with Gasteiger partial charge >= 0.3 is 0 Å². The summed E-state index contributed by atoms with van der Waals surface area (Å²) in [4.78, 5) is 2.10. The van der Waals surface area contributed by atoms with Crippen LogP contribution in [0.3, 0.4) is 0 Å². The molecular weight excluding hydrogens is 304 g/mol. The number of benzene rings is 1. The van der Waals surface area contributed by atoms with Crippen LogP contribution in [-0.4, -0.2) is 24.3 Å². The zero-order valence-corrected chi connectivity index (χ0v) is 13.3. The fraction of sp³-hybridized carbons (Fsp3) is 0.357. The van der Waals surface area contributed by atoms with Gasteiger partial charge in [0.05, 0.1) is 17.1 Å². The SMILES string of the molecule is Cc1n[nH]c(C)c1CNc1cc(Br)ccc1N(C)C. The minimum absolute atomic E-state index is 0.769. The molecule has 4 nitrogen and oxygen atoms in total. The molecule has 1 aromatic carbocycles. The molecular formula is C14H19BrN4. The van der Waals surface area contributed by atoms with Gasteiger partial charge in [0, 0.05) is 36.4 Å². The van der Waals surface area contributed by atoms with Gasteiger partial charge in [-0.05, 0) is 32.0 Å². The van der Waals surface area contributed by atoms with Gasteiger partial charge in [-0.25, -0.2) is 0 Å². The summed E-state index contributed by atoms with van der Waals surface area (Å²) in [6.45, 7) is 4.84. The fourth-order valence-electron chi connectivity index (χ4n) is 2.06. The number of aryl methyl sites for hydroxylation is 2. The lowest BCUT2D eigenvalue weighted by molar-refractivity contribution is 1.02. The van der Waals surface area contributed by atoms with Crippen LogP contribution in [0.5, 0.6) is 0 Å². The zero-order chi connectivity index (χ0) is 14.0. The Kier molecular flexibility index (Phi) is 4.14. The highest BCUT2D eigenvalue weighted by molar-refractivity contribution is 9.10. The monoisotopic (exact) mass is 322 g/mol. The van der Waals surface area contributed by atoms with E-state index in [1.54, 1.807) is 0 Å². The molecule has 102 valence electrons. The van der Waals surface area contributed by atoms with Crippen molar-refractivity contribution in [3.8, 4) is 0 Å². The minimum atomic E-state index is 0.769. The molecule has 0 aliphatic carbocycles. The molecule has 0 saturated heterocycles. The molecule has 1 aromatic heterocycles. The van der Waals surface area contributed by atoms with Crippen molar-refractivity contribution in [2.24, 2.45) is 0 Å². The summed E-state index contributed by atoms with van der Waals surface area (Å²) >= 11 is 3.52. The summed E-state index contributed by atoms with van der Waals surface area (Å²) in [5.41, 5.74) is 5.67. The Morgan fingerprint density at radius 2 is 2.05 bits per heavy atom. The molecule has 0 unspecified atom stereocenters. The molecule has 2 rings (SSSR count). The standard InChI is InChI=1S/C14H19BrN4/c1-9-12(10(2)18-17-9)8-16-13-7-11(15)5-6-14(13)19(3)4/h5-7,16H,8H2,1-4H3,(H,17,18). The van der Waals surface area contributed by atoms with E-state index in [1.165, 1.54) is 11.3 Å². The highest BCUT2D eigenvalue weighted by Gasteiger charge is 2.09. The lowest BCUT2D eigenvalue weighted by atomic mass is 10.2. The van der Waals surface area contributed by atoms with Crippen molar-refractivity contribution in [1.82, 2.24) is 10.2 Å². The van der Waals surface area contributed by atoms with Crippen molar-refractivity contribution in [2.75, 3.05) is 24.3 Å². The number of halogens is 1. The first-order valence-electron chi connectivity index (χ1n) is 6.20. The second kappa shape index (κ2) is 5.65. The Hall–Kier alpha value is -1.49. The van der Waals surface area contributed by atoms with Gasteiger partial charge in [-0.1, -0.05) is 15.9 Å². The number of nitrogens with one attached hydrogen (secondary N) is 2. The van der Waals surface area contributed by atoms with Gasteiger partial charge in [-0.3, -0.25) is 5.10 Å². The zero-order valence-electron chi connectivity index (χ0n) is 11.7. The van der Waals surface area contributed by atoms with Crippen LogP contribution in [0.15, 0.2) is 22.7 Å². The van der Waals surface area contributed by atoms with Crippen LogP contribution < -0.4 is 10.2 Å². The number of H-pyrrole nitrogens is 1. The van der Waals surface area contributed by atoms with Crippen LogP contribution >= 0.6 is 15.9 Å². The second-order valence-corrected chi connectivity index (χ2v) is 5.74. The maximum Gasteiger partial charge on any atom is 0.0643 e. The van der Waals surface area contributed by atoms with Crippen molar-refractivity contribution < 1.29 is 0 Å². The first-order valence-corrected chi connectivity index (χ1v) is 6.99. The van der Waals surface area contributed by atoms with Crippen molar-refractivity contribution in [2.45, 2.75) is 20.4 Å². The normalized spacial score (nSPS) is 10.6. The summed E-state index contributed by atoms with van der Waals surface area (Å²) in [7, 11) is 4.09. The highest BCUT2D eigenvalue weighted by atomic mass is 79.9. The van der Waals surface area contributed by atoms with E-state index in [1.807, 2.05) is 27.9 Å². The molecule has 1 heterocycles. The van der Waals surface area contributed by atoms with Crippen molar-refractivity contribution in [3.63, 3.8) is 0 Å². The van der Waals surface area contributed by atoms with Crippen molar-refractivity contribution >= 4 is 27.3 Å². The van der Waals surface area contributed by atoms with Gasteiger partial charge in [0.15, 0.2) is 0 Å². The Morgan fingerprint density at radius 1 is 1.32 bits per heavy atom. The first kappa shape index (κ1) is 13.9. The van der Waals surface area contributed by atoms with E-state index in [0.29, 0.717) is 0 Å². The number of hydrogen-bond acceptors (Lipinski definition) is 3. The van der Waals surface area contributed by atoms with Crippen molar-refractivity contribution in [1.29, 1.82) is 0 Å². The largest absolute Gasteiger partial charge is 0.379 e. The predicted molar refractivity (Wildman–Crippen MR) is 83.9 cm³/mol. The summed E-state index contributed by atoms with van der Waals surface area (Å²) in [6, 6.07) is 6.25. The number of aromatic nitrogens is 2. The topological polar surface area (TPSA) is 44.0 Å². The van der Waals surface area contributed by atoms with Crippen LogP contribution in [0.4, 0.5) is 11.4 Å². The average Bonchev–Trinajstić information content (AvgIpc) is 2.66. The number of nitrogens with zero attached hydrogens (tertiary/aromatic N) is 2. The molecule has 0 aliphatic rings. The van der Waals surface area contributed by atoms with E-state index >= 15 is 0 Å². The van der Waals surface area contributed by atoms with Gasteiger partial charge < -0.3 is 10.2 Å². The molecule has 5 heteroatoms. The molecule has 0 amide bonds. The molecule has 0 saturated carbocycles. The third kappa shape index (κ3) is 3.10. The number of aromatic amines is 1. The quantitative estimate of drug-likeness (QED) is 0.905. The van der Waals surface area contributed by atoms with Crippen LogP contribution in [0, 0.1) is 13.8 Å². The van der Waals surface area contributed by atoms with Crippen LogP contribution in [0.1, 0.15) is 17.0 Å². The fourth-order valence-corrected chi connectivity index (χ4v) is 2.42. The third-order valence-electron chi connectivity index (χ3n) is 3.18. The maximum atomic E-state index is 4.22. The average molecular weight is 323 g/mol. The highest BCUT2D eigenvalue weighted by Crippen LogP contribution is 2.28. The Balaban J connectivity index is 2.22. The van der Waals surface area contributed by atoms with Gasteiger partial charge in [0.1, 0.15) is 0 Å². The predicted octanol–water partition coefficient (Wildman–Crippen LogP) is 3.47. The van der Waals surface area contributed by atoms with E-state index < -0.39 is 0 Å². The van der Waals surface area contributed by atoms with E-state index in [9.17, 15) is 0 Å². The second-order valence-electron chi connectivity index (χ2n) is 4.82. The number of anilines is 2. The maximum absolute atomic E-state index is 4.22. The third-order valence-corrected chi connectivity index (χ3v) is 3.67. The van der Waals surface area contributed by atoms with E-state index in [4.69, 9.17) is 0 Å². The Bertz CT molecular complexity index is 555. The van der Waals surface area contributed by atoms with Crippen LogP contribution in [-0.2, 0) is 6.54 Å².